The summed E-state index contributed by atoms with van der Waals surface area (Å²) < 4.78 is 5.98. The van der Waals surface area contributed by atoms with Crippen molar-refractivity contribution in [1.29, 1.82) is 5.26 Å². The van der Waals surface area contributed by atoms with Crippen LogP contribution in [0.5, 0.6) is 0 Å². The summed E-state index contributed by atoms with van der Waals surface area (Å²) in [7, 11) is 0. The van der Waals surface area contributed by atoms with Crippen LogP contribution >= 0.6 is 12.4 Å². The SMILES string of the molecule is CCN(CC)CC(C)CC1(C#N)OCCc2ccccc21.Cl. The summed E-state index contributed by atoms with van der Waals surface area (Å²) in [6, 6.07) is 10.7. The number of rotatable bonds is 6. The Bertz CT molecular complexity index is 510. The van der Waals surface area contributed by atoms with Crippen molar-refractivity contribution in [3.63, 3.8) is 0 Å². The van der Waals surface area contributed by atoms with Crippen LogP contribution in [-0.4, -0.2) is 31.1 Å². The molecule has 0 amide bonds. The minimum Gasteiger partial charge on any atom is -0.356 e. The molecule has 2 unspecified atom stereocenters. The van der Waals surface area contributed by atoms with Crippen LogP contribution in [0.4, 0.5) is 0 Å². The maximum absolute atomic E-state index is 9.80. The van der Waals surface area contributed by atoms with E-state index in [-0.39, 0.29) is 12.4 Å². The zero-order valence-corrected chi connectivity index (χ0v) is 14.7. The minimum atomic E-state index is -0.762. The first-order chi connectivity index (χ1) is 10.1. The topological polar surface area (TPSA) is 36.3 Å². The first kappa shape index (κ1) is 19.0. The van der Waals surface area contributed by atoms with E-state index in [1.165, 1.54) is 5.56 Å². The van der Waals surface area contributed by atoms with Crippen LogP contribution in [0.15, 0.2) is 24.3 Å². The molecule has 22 heavy (non-hydrogen) atoms. The Morgan fingerprint density at radius 3 is 2.64 bits per heavy atom. The van der Waals surface area contributed by atoms with Crippen molar-refractivity contribution in [2.24, 2.45) is 5.92 Å². The van der Waals surface area contributed by atoms with Gasteiger partial charge in [0.05, 0.1) is 6.61 Å². The van der Waals surface area contributed by atoms with E-state index in [0.29, 0.717) is 12.5 Å². The predicted molar refractivity (Wildman–Crippen MR) is 92.2 cm³/mol. The second-order valence-corrected chi connectivity index (χ2v) is 5.99. The van der Waals surface area contributed by atoms with Crippen LogP contribution in [0.25, 0.3) is 0 Å². The Kier molecular flexibility index (Phi) is 7.35. The van der Waals surface area contributed by atoms with Gasteiger partial charge in [-0.05, 0) is 37.4 Å². The Labute approximate surface area is 140 Å². The number of hydrogen-bond donors (Lipinski definition) is 0. The lowest BCUT2D eigenvalue weighted by Gasteiger charge is -2.36. The third-order valence-electron chi connectivity index (χ3n) is 4.45. The van der Waals surface area contributed by atoms with Crippen LogP contribution in [0.1, 0.15) is 38.3 Å². The van der Waals surface area contributed by atoms with Crippen LogP contribution in [0.2, 0.25) is 0 Å². The molecule has 0 radical (unpaired) electrons. The highest BCUT2D eigenvalue weighted by Gasteiger charge is 2.39. The molecule has 2 atom stereocenters. The van der Waals surface area contributed by atoms with E-state index in [0.717, 1.165) is 38.0 Å². The van der Waals surface area contributed by atoms with Gasteiger partial charge in [0, 0.05) is 12.1 Å². The number of benzene rings is 1. The van der Waals surface area contributed by atoms with Crippen molar-refractivity contribution in [2.45, 2.75) is 39.2 Å². The molecular formula is C18H27ClN2O. The van der Waals surface area contributed by atoms with Crippen LogP contribution in [-0.2, 0) is 16.8 Å². The molecular weight excluding hydrogens is 296 g/mol. The van der Waals surface area contributed by atoms with E-state index in [4.69, 9.17) is 4.74 Å². The van der Waals surface area contributed by atoms with Crippen molar-refractivity contribution in [3.8, 4) is 6.07 Å². The van der Waals surface area contributed by atoms with Gasteiger partial charge in [-0.25, -0.2) is 0 Å². The van der Waals surface area contributed by atoms with Crippen molar-refractivity contribution >= 4 is 12.4 Å². The Morgan fingerprint density at radius 1 is 1.32 bits per heavy atom. The molecule has 0 bridgehead atoms. The van der Waals surface area contributed by atoms with E-state index in [2.05, 4.69) is 43.9 Å². The maximum Gasteiger partial charge on any atom is 0.180 e. The average Bonchev–Trinajstić information content (AvgIpc) is 2.52. The lowest BCUT2D eigenvalue weighted by atomic mass is 9.81. The zero-order valence-electron chi connectivity index (χ0n) is 13.8. The highest BCUT2D eigenvalue weighted by Crippen LogP contribution is 2.37. The smallest absolute Gasteiger partial charge is 0.180 e. The third-order valence-corrected chi connectivity index (χ3v) is 4.45. The van der Waals surface area contributed by atoms with Gasteiger partial charge in [-0.15, -0.1) is 12.4 Å². The minimum absolute atomic E-state index is 0. The van der Waals surface area contributed by atoms with Crippen LogP contribution < -0.4 is 0 Å². The molecule has 0 aromatic heterocycles. The second-order valence-electron chi connectivity index (χ2n) is 5.99. The number of nitrogens with zero attached hydrogens (tertiary/aromatic N) is 2. The first-order valence-corrected chi connectivity index (χ1v) is 8.01. The largest absolute Gasteiger partial charge is 0.356 e. The summed E-state index contributed by atoms with van der Waals surface area (Å²) in [6.45, 7) is 10.4. The highest BCUT2D eigenvalue weighted by molar-refractivity contribution is 5.85. The molecule has 1 aliphatic rings. The Morgan fingerprint density at radius 2 is 2.00 bits per heavy atom. The Hall–Kier alpha value is -1.08. The average molecular weight is 323 g/mol. The van der Waals surface area contributed by atoms with Crippen molar-refractivity contribution in [3.05, 3.63) is 35.4 Å². The molecule has 1 aliphatic heterocycles. The molecule has 122 valence electrons. The summed E-state index contributed by atoms with van der Waals surface area (Å²) in [6.07, 6.45) is 1.67. The molecule has 0 spiro atoms. The summed E-state index contributed by atoms with van der Waals surface area (Å²) >= 11 is 0. The number of fused-ring (bicyclic) bond motifs is 1. The fourth-order valence-corrected chi connectivity index (χ4v) is 3.33. The molecule has 0 saturated carbocycles. The van der Waals surface area contributed by atoms with Gasteiger partial charge in [0.1, 0.15) is 6.07 Å². The number of ether oxygens (including phenoxy) is 1. The molecule has 0 saturated heterocycles. The fraction of sp³-hybridized carbons (Fsp3) is 0.611. The molecule has 0 aliphatic carbocycles. The maximum atomic E-state index is 9.80. The summed E-state index contributed by atoms with van der Waals surface area (Å²) in [4.78, 5) is 2.41. The fourth-order valence-electron chi connectivity index (χ4n) is 3.33. The van der Waals surface area contributed by atoms with Gasteiger partial charge in [0.2, 0.25) is 0 Å². The van der Waals surface area contributed by atoms with Gasteiger partial charge >= 0.3 is 0 Å². The lowest BCUT2D eigenvalue weighted by Crippen LogP contribution is -2.38. The van der Waals surface area contributed by atoms with Crippen LogP contribution in [0.3, 0.4) is 0 Å². The van der Waals surface area contributed by atoms with Gasteiger partial charge in [0.25, 0.3) is 0 Å². The van der Waals surface area contributed by atoms with E-state index in [1.54, 1.807) is 0 Å². The zero-order chi connectivity index (χ0) is 15.3. The lowest BCUT2D eigenvalue weighted by molar-refractivity contribution is -0.0341. The van der Waals surface area contributed by atoms with Gasteiger partial charge in [-0.1, -0.05) is 45.0 Å². The van der Waals surface area contributed by atoms with Crippen molar-refractivity contribution < 1.29 is 4.74 Å². The summed E-state index contributed by atoms with van der Waals surface area (Å²) in [5, 5.41) is 9.80. The third kappa shape index (κ3) is 4.01. The monoisotopic (exact) mass is 322 g/mol. The summed E-state index contributed by atoms with van der Waals surface area (Å²) in [5.41, 5.74) is 1.58. The van der Waals surface area contributed by atoms with Crippen LogP contribution in [0, 0.1) is 17.2 Å². The second kappa shape index (κ2) is 8.53. The standard InChI is InChI=1S/C18H26N2O.ClH/c1-4-20(5-2)13-15(3)12-18(14-19)17-9-7-6-8-16(17)10-11-21-18;/h6-9,15H,4-5,10-13H2,1-3H3;1H. The Balaban J connectivity index is 0.00000242. The van der Waals surface area contributed by atoms with Crippen molar-refractivity contribution in [2.75, 3.05) is 26.2 Å². The predicted octanol–water partition coefficient (Wildman–Crippen LogP) is 3.77. The van der Waals surface area contributed by atoms with Crippen molar-refractivity contribution in [1.82, 2.24) is 4.90 Å². The van der Waals surface area contributed by atoms with E-state index in [1.807, 2.05) is 12.1 Å². The first-order valence-electron chi connectivity index (χ1n) is 8.01. The molecule has 4 heteroatoms. The highest BCUT2D eigenvalue weighted by atomic mass is 35.5. The number of halogens is 1. The number of hydrogen-bond acceptors (Lipinski definition) is 3. The molecule has 3 nitrogen and oxygen atoms in total. The number of nitriles is 1. The van der Waals surface area contributed by atoms with E-state index < -0.39 is 5.60 Å². The van der Waals surface area contributed by atoms with E-state index >= 15 is 0 Å². The molecule has 2 rings (SSSR count). The molecule has 1 heterocycles. The molecule has 0 fully saturated rings. The van der Waals surface area contributed by atoms with E-state index in [9.17, 15) is 5.26 Å². The molecule has 1 aromatic carbocycles. The quantitative estimate of drug-likeness (QED) is 0.800. The molecule has 0 N–H and O–H groups in total. The molecule has 1 aromatic rings. The van der Waals surface area contributed by atoms with Gasteiger partial charge in [0.15, 0.2) is 5.60 Å². The van der Waals surface area contributed by atoms with Gasteiger partial charge in [-0.3, -0.25) is 0 Å². The normalized spacial score (nSPS) is 21.6. The van der Waals surface area contributed by atoms with Gasteiger partial charge < -0.3 is 9.64 Å². The summed E-state index contributed by atoms with van der Waals surface area (Å²) in [5.74, 6) is 0.427. The van der Waals surface area contributed by atoms with Gasteiger partial charge in [-0.2, -0.15) is 5.26 Å².